The van der Waals surface area contributed by atoms with Gasteiger partial charge in [-0.3, -0.25) is 9.69 Å². The van der Waals surface area contributed by atoms with Crippen molar-refractivity contribution in [1.29, 1.82) is 0 Å². The van der Waals surface area contributed by atoms with Crippen LogP contribution in [-0.4, -0.2) is 48.0 Å². The summed E-state index contributed by atoms with van der Waals surface area (Å²) in [7, 11) is 3.91. The number of hydrogen-bond acceptors (Lipinski definition) is 6. The maximum absolute atomic E-state index is 13.5. The molecule has 0 aliphatic carbocycles. The van der Waals surface area contributed by atoms with Crippen molar-refractivity contribution in [1.82, 2.24) is 14.9 Å². The zero-order chi connectivity index (χ0) is 18.1. The zero-order valence-electron chi connectivity index (χ0n) is 14.9. The number of halogens is 2. The van der Waals surface area contributed by atoms with Crippen molar-refractivity contribution in [2.24, 2.45) is 0 Å². The molecule has 0 N–H and O–H groups in total. The van der Waals surface area contributed by atoms with Gasteiger partial charge in [-0.1, -0.05) is 11.3 Å². The summed E-state index contributed by atoms with van der Waals surface area (Å²) in [6.07, 6.45) is 0. The van der Waals surface area contributed by atoms with E-state index in [0.717, 1.165) is 15.4 Å². The van der Waals surface area contributed by atoms with Crippen molar-refractivity contribution in [3.63, 3.8) is 0 Å². The van der Waals surface area contributed by atoms with E-state index in [1.165, 1.54) is 34.8 Å². The molecule has 0 radical (unpaired) electrons. The highest BCUT2D eigenvalue weighted by molar-refractivity contribution is 7.22. The Hall–Kier alpha value is -1.61. The van der Waals surface area contributed by atoms with Crippen LogP contribution in [0.2, 0.25) is 0 Å². The fraction of sp³-hybridized carbons (Fsp3) is 0.353. The van der Waals surface area contributed by atoms with Crippen molar-refractivity contribution in [3.8, 4) is 0 Å². The Morgan fingerprint density at radius 1 is 1.15 bits per heavy atom. The molecular formula is C17H20ClFN4OS2. The molecular weight excluding hydrogens is 395 g/mol. The van der Waals surface area contributed by atoms with Gasteiger partial charge in [0.05, 0.1) is 20.9 Å². The Morgan fingerprint density at radius 3 is 2.50 bits per heavy atom. The van der Waals surface area contributed by atoms with Crippen LogP contribution in [0.15, 0.2) is 18.2 Å². The number of rotatable bonds is 5. The molecule has 3 rings (SSSR count). The lowest BCUT2D eigenvalue weighted by atomic mass is 10.3. The standard InChI is InChI=1S/C17H19FN4OS2.ClH/c1-10-15(24-11(2)19-10)16(23)22(8-7-21(3)4)17-20-13-6-5-12(18)9-14(13)25-17;/h5-6,9H,7-8H2,1-4H3;1H. The van der Waals surface area contributed by atoms with Gasteiger partial charge in [0, 0.05) is 13.1 Å². The molecule has 1 amide bonds. The minimum absolute atomic E-state index is 0. The molecule has 0 atom stereocenters. The van der Waals surface area contributed by atoms with Crippen molar-refractivity contribution in [2.45, 2.75) is 13.8 Å². The Bertz CT molecular complexity index is 925. The van der Waals surface area contributed by atoms with Crippen LogP contribution in [0.25, 0.3) is 10.2 Å². The summed E-state index contributed by atoms with van der Waals surface area (Å²) in [5.41, 5.74) is 1.43. The van der Waals surface area contributed by atoms with E-state index in [0.29, 0.717) is 28.6 Å². The number of hydrogen-bond donors (Lipinski definition) is 0. The van der Waals surface area contributed by atoms with E-state index in [4.69, 9.17) is 0 Å². The molecule has 0 aliphatic heterocycles. The van der Waals surface area contributed by atoms with Crippen LogP contribution in [0.3, 0.4) is 0 Å². The topological polar surface area (TPSA) is 49.3 Å². The number of aromatic nitrogens is 2. The first-order valence-electron chi connectivity index (χ1n) is 7.82. The Morgan fingerprint density at radius 2 is 1.88 bits per heavy atom. The summed E-state index contributed by atoms with van der Waals surface area (Å²) in [6.45, 7) is 4.94. The number of aryl methyl sites for hydroxylation is 2. The van der Waals surface area contributed by atoms with Gasteiger partial charge in [-0.2, -0.15) is 0 Å². The van der Waals surface area contributed by atoms with E-state index in [9.17, 15) is 9.18 Å². The lowest BCUT2D eigenvalue weighted by Gasteiger charge is -2.21. The van der Waals surface area contributed by atoms with Gasteiger partial charge in [-0.15, -0.1) is 23.7 Å². The monoisotopic (exact) mass is 414 g/mol. The van der Waals surface area contributed by atoms with E-state index >= 15 is 0 Å². The van der Waals surface area contributed by atoms with Crippen molar-refractivity contribution >= 4 is 56.3 Å². The van der Waals surface area contributed by atoms with E-state index in [2.05, 4.69) is 9.97 Å². The third-order valence-electron chi connectivity index (χ3n) is 3.68. The first-order chi connectivity index (χ1) is 11.8. The van der Waals surface area contributed by atoms with Crippen LogP contribution in [0.5, 0.6) is 0 Å². The normalized spacial score (nSPS) is 11.0. The number of fused-ring (bicyclic) bond motifs is 1. The summed E-state index contributed by atoms with van der Waals surface area (Å²) in [6, 6.07) is 4.48. The molecule has 2 heterocycles. The summed E-state index contributed by atoms with van der Waals surface area (Å²) in [4.78, 5) is 26.3. The van der Waals surface area contributed by atoms with Crippen LogP contribution in [0.1, 0.15) is 20.4 Å². The third kappa shape index (κ3) is 4.37. The van der Waals surface area contributed by atoms with Gasteiger partial charge in [0.2, 0.25) is 0 Å². The van der Waals surface area contributed by atoms with E-state index in [1.54, 1.807) is 11.0 Å². The number of amides is 1. The number of carbonyl (C=O) groups excluding carboxylic acids is 1. The zero-order valence-corrected chi connectivity index (χ0v) is 17.4. The van der Waals surface area contributed by atoms with E-state index < -0.39 is 0 Å². The summed E-state index contributed by atoms with van der Waals surface area (Å²) in [5.74, 6) is -0.410. The molecule has 0 bridgehead atoms. The van der Waals surface area contributed by atoms with Gasteiger partial charge in [-0.05, 0) is 46.1 Å². The van der Waals surface area contributed by atoms with Gasteiger partial charge in [0.25, 0.3) is 5.91 Å². The second kappa shape index (κ2) is 8.39. The fourth-order valence-electron chi connectivity index (χ4n) is 2.44. The highest BCUT2D eigenvalue weighted by Crippen LogP contribution is 2.31. The maximum atomic E-state index is 13.5. The number of carbonyl (C=O) groups is 1. The lowest BCUT2D eigenvalue weighted by Crippen LogP contribution is -2.36. The van der Waals surface area contributed by atoms with Crippen molar-refractivity contribution < 1.29 is 9.18 Å². The van der Waals surface area contributed by atoms with Crippen LogP contribution in [0, 0.1) is 19.7 Å². The van der Waals surface area contributed by atoms with Gasteiger partial charge in [-0.25, -0.2) is 14.4 Å². The highest BCUT2D eigenvalue weighted by Gasteiger charge is 2.25. The lowest BCUT2D eigenvalue weighted by molar-refractivity contribution is 0.0988. The van der Waals surface area contributed by atoms with E-state index in [-0.39, 0.29) is 24.1 Å². The Balaban J connectivity index is 0.00000243. The summed E-state index contributed by atoms with van der Waals surface area (Å²) >= 11 is 2.72. The van der Waals surface area contributed by atoms with Crippen LogP contribution in [-0.2, 0) is 0 Å². The highest BCUT2D eigenvalue weighted by atomic mass is 35.5. The number of benzene rings is 1. The number of anilines is 1. The summed E-state index contributed by atoms with van der Waals surface area (Å²) in [5, 5.41) is 1.44. The molecule has 1 aromatic carbocycles. The smallest absolute Gasteiger partial charge is 0.272 e. The van der Waals surface area contributed by atoms with Crippen molar-refractivity contribution in [3.05, 3.63) is 39.6 Å². The predicted octanol–water partition coefficient (Wildman–Crippen LogP) is 4.14. The molecule has 0 saturated carbocycles. The number of thiazole rings is 2. The second-order valence-corrected chi connectivity index (χ2v) is 8.23. The first-order valence-corrected chi connectivity index (χ1v) is 9.45. The minimum Gasteiger partial charge on any atom is -0.308 e. The number of likely N-dealkylation sites (N-methyl/N-ethyl adjacent to an activating group) is 1. The molecule has 0 fully saturated rings. The minimum atomic E-state index is -0.303. The van der Waals surface area contributed by atoms with Gasteiger partial charge in [0.15, 0.2) is 5.13 Å². The molecule has 3 aromatic rings. The average molecular weight is 415 g/mol. The molecule has 9 heteroatoms. The van der Waals surface area contributed by atoms with Gasteiger partial charge >= 0.3 is 0 Å². The molecule has 2 aromatic heterocycles. The number of nitrogens with zero attached hydrogens (tertiary/aromatic N) is 4. The Kier molecular flexibility index (Phi) is 6.68. The predicted molar refractivity (Wildman–Crippen MR) is 109 cm³/mol. The third-order valence-corrected chi connectivity index (χ3v) is 5.79. The molecule has 0 saturated heterocycles. The molecule has 140 valence electrons. The van der Waals surface area contributed by atoms with E-state index in [1.807, 2.05) is 32.8 Å². The Labute approximate surface area is 165 Å². The first kappa shape index (κ1) is 20.7. The molecule has 0 unspecified atom stereocenters. The van der Waals surface area contributed by atoms with Gasteiger partial charge < -0.3 is 4.90 Å². The SMILES string of the molecule is Cc1nc(C)c(C(=O)N(CCN(C)C)c2nc3ccc(F)cc3s2)s1.Cl. The molecule has 5 nitrogen and oxygen atoms in total. The fourth-order valence-corrected chi connectivity index (χ4v) is 4.32. The average Bonchev–Trinajstić information content (AvgIpc) is 3.09. The maximum Gasteiger partial charge on any atom is 0.272 e. The van der Waals surface area contributed by atoms with Crippen LogP contribution < -0.4 is 4.90 Å². The van der Waals surface area contributed by atoms with Gasteiger partial charge in [0.1, 0.15) is 10.7 Å². The second-order valence-electron chi connectivity index (χ2n) is 6.02. The molecule has 26 heavy (non-hydrogen) atoms. The van der Waals surface area contributed by atoms with Crippen LogP contribution in [0.4, 0.5) is 9.52 Å². The van der Waals surface area contributed by atoms with Crippen molar-refractivity contribution in [2.75, 3.05) is 32.1 Å². The summed E-state index contributed by atoms with van der Waals surface area (Å²) < 4.78 is 14.2. The molecule has 0 spiro atoms. The largest absolute Gasteiger partial charge is 0.308 e. The molecule has 0 aliphatic rings. The van der Waals surface area contributed by atoms with Crippen LogP contribution >= 0.6 is 35.1 Å². The quantitative estimate of drug-likeness (QED) is 0.629.